The average Bonchev–Trinajstić information content (AvgIpc) is 3.23. The fourth-order valence-corrected chi connectivity index (χ4v) is 5.66. The third-order valence-electron chi connectivity index (χ3n) is 6.69. The van der Waals surface area contributed by atoms with Crippen LogP contribution in [0.5, 0.6) is 0 Å². The highest BCUT2D eigenvalue weighted by Gasteiger charge is 2.42. The number of nitrogens with zero attached hydrogens (tertiary/aromatic N) is 3. The molecule has 8 nitrogen and oxygen atoms in total. The summed E-state index contributed by atoms with van der Waals surface area (Å²) < 4.78 is 13.1. The monoisotopic (exact) mass is 521 g/mol. The molecule has 2 N–H and O–H groups in total. The van der Waals surface area contributed by atoms with Gasteiger partial charge in [-0.15, -0.1) is 0 Å². The van der Waals surface area contributed by atoms with E-state index in [2.05, 4.69) is 15.6 Å². The summed E-state index contributed by atoms with van der Waals surface area (Å²) in [6.45, 7) is 0.216. The van der Waals surface area contributed by atoms with Crippen LogP contribution in [0.3, 0.4) is 0 Å². The maximum Gasteiger partial charge on any atom is 0.271 e. The molecule has 0 radical (unpaired) electrons. The topological polar surface area (TPSA) is 103 Å². The molecule has 0 bridgehead atoms. The number of amidine groups is 2. The number of benzene rings is 2. The van der Waals surface area contributed by atoms with E-state index in [1.807, 2.05) is 24.3 Å². The highest BCUT2D eigenvalue weighted by molar-refractivity contribution is 8.14. The number of fused-ring (bicyclic) bond motifs is 3. The van der Waals surface area contributed by atoms with Gasteiger partial charge in [0.25, 0.3) is 5.91 Å². The van der Waals surface area contributed by atoms with E-state index < -0.39 is 11.9 Å². The molecule has 0 spiro atoms. The Morgan fingerprint density at radius 3 is 2.54 bits per heavy atom. The number of nitrogens with one attached hydrogen (secondary N) is 2. The van der Waals surface area contributed by atoms with Gasteiger partial charge >= 0.3 is 0 Å². The number of hydrogen-bond acceptors (Lipinski definition) is 6. The molecule has 192 valence electrons. The van der Waals surface area contributed by atoms with Gasteiger partial charge < -0.3 is 10.6 Å². The highest BCUT2D eigenvalue weighted by atomic mass is 32.2. The van der Waals surface area contributed by atoms with Gasteiger partial charge in [0.15, 0.2) is 5.17 Å². The van der Waals surface area contributed by atoms with Crippen molar-refractivity contribution < 1.29 is 18.8 Å². The molecule has 10 heteroatoms. The predicted octanol–water partition coefficient (Wildman–Crippen LogP) is 3.67. The number of halogens is 1. The third-order valence-corrected chi connectivity index (χ3v) is 7.65. The van der Waals surface area contributed by atoms with Gasteiger partial charge in [-0.05, 0) is 42.7 Å². The lowest BCUT2D eigenvalue weighted by Gasteiger charge is -2.31. The summed E-state index contributed by atoms with van der Waals surface area (Å²) in [5, 5.41) is 6.37. The molecule has 1 unspecified atom stereocenters. The second kappa shape index (κ2) is 11.2. The number of aliphatic imine (C=N–C) groups is 2. The smallest absolute Gasteiger partial charge is 0.271 e. The molecule has 3 aliphatic rings. The maximum atomic E-state index is 13.1. The second-order valence-corrected chi connectivity index (χ2v) is 10.3. The zero-order valence-electron chi connectivity index (χ0n) is 20.3. The molecule has 2 heterocycles. The van der Waals surface area contributed by atoms with Crippen LogP contribution in [0.25, 0.3) is 0 Å². The van der Waals surface area contributed by atoms with E-state index in [4.69, 9.17) is 4.99 Å². The zero-order chi connectivity index (χ0) is 25.8. The summed E-state index contributed by atoms with van der Waals surface area (Å²) in [4.78, 5) is 49.1. The molecule has 0 aromatic heterocycles. The lowest BCUT2D eigenvalue weighted by atomic mass is 9.95. The zero-order valence-corrected chi connectivity index (χ0v) is 21.1. The van der Waals surface area contributed by atoms with Crippen molar-refractivity contribution >= 4 is 46.2 Å². The van der Waals surface area contributed by atoms with Crippen LogP contribution in [0.2, 0.25) is 0 Å². The van der Waals surface area contributed by atoms with E-state index in [1.165, 1.54) is 30.3 Å². The van der Waals surface area contributed by atoms with E-state index in [-0.39, 0.29) is 42.4 Å². The number of para-hydroxylation sites is 1. The van der Waals surface area contributed by atoms with E-state index in [0.29, 0.717) is 22.3 Å². The number of rotatable bonds is 7. The van der Waals surface area contributed by atoms with Gasteiger partial charge in [-0.1, -0.05) is 55.3 Å². The largest absolute Gasteiger partial charge is 0.353 e. The van der Waals surface area contributed by atoms with Crippen LogP contribution in [-0.4, -0.2) is 51.5 Å². The second-order valence-electron chi connectivity index (χ2n) is 9.37. The molecule has 5 rings (SSSR count). The van der Waals surface area contributed by atoms with Gasteiger partial charge in [0.05, 0.1) is 17.9 Å². The van der Waals surface area contributed by atoms with Crippen molar-refractivity contribution in [2.24, 2.45) is 9.98 Å². The maximum absolute atomic E-state index is 13.1. The average molecular weight is 522 g/mol. The van der Waals surface area contributed by atoms with Crippen LogP contribution in [0.15, 0.2) is 58.5 Å². The molecule has 2 aromatic rings. The van der Waals surface area contributed by atoms with Crippen LogP contribution < -0.4 is 10.6 Å². The van der Waals surface area contributed by atoms with Crippen molar-refractivity contribution in [3.8, 4) is 0 Å². The minimum Gasteiger partial charge on any atom is -0.353 e. The number of hydrogen-bond donors (Lipinski definition) is 2. The Labute approximate surface area is 218 Å². The Balaban J connectivity index is 1.28. The van der Waals surface area contributed by atoms with E-state index in [1.54, 1.807) is 17.0 Å². The third kappa shape index (κ3) is 5.90. The normalized spacial score (nSPS) is 19.0. The van der Waals surface area contributed by atoms with Gasteiger partial charge in [-0.3, -0.25) is 19.3 Å². The molecule has 1 saturated carbocycles. The van der Waals surface area contributed by atoms with Crippen LogP contribution in [-0.2, 0) is 20.9 Å². The number of carbonyl (C=O) groups is 3. The van der Waals surface area contributed by atoms with Gasteiger partial charge in [0.1, 0.15) is 17.7 Å². The summed E-state index contributed by atoms with van der Waals surface area (Å²) in [5.41, 5.74) is 2.13. The number of carbonyl (C=O) groups excluding carboxylic acids is 3. The molecule has 37 heavy (non-hydrogen) atoms. The van der Waals surface area contributed by atoms with Crippen molar-refractivity contribution in [3.05, 3.63) is 65.5 Å². The fraction of sp³-hybridized carbons (Fsp3) is 0.370. The van der Waals surface area contributed by atoms with Crippen molar-refractivity contribution in [2.45, 2.75) is 57.2 Å². The molecule has 1 fully saturated rings. The Morgan fingerprint density at radius 1 is 1.00 bits per heavy atom. The molecule has 3 amide bonds. The Bertz CT molecular complexity index is 1260. The molecule has 2 aliphatic heterocycles. The number of thioether (sulfide) groups is 1. The quantitative estimate of drug-likeness (QED) is 0.579. The molecular formula is C27H28FN5O3S. The SMILES string of the molecule is O=C(CC1C(=O)N=C2c3ccccc3N=C(SCC(=O)NC3CCCCC3)N21)NCc1ccc(F)cc1. The highest BCUT2D eigenvalue weighted by Crippen LogP contribution is 2.35. The molecular weight excluding hydrogens is 493 g/mol. The van der Waals surface area contributed by atoms with Gasteiger partial charge in [0.2, 0.25) is 11.8 Å². The van der Waals surface area contributed by atoms with Crippen LogP contribution in [0.1, 0.15) is 49.7 Å². The fourth-order valence-electron chi connectivity index (χ4n) is 4.80. The Kier molecular flexibility index (Phi) is 7.64. The van der Waals surface area contributed by atoms with Gasteiger partial charge in [-0.25, -0.2) is 9.38 Å². The van der Waals surface area contributed by atoms with Crippen molar-refractivity contribution in [1.82, 2.24) is 15.5 Å². The van der Waals surface area contributed by atoms with Crippen LogP contribution in [0, 0.1) is 5.82 Å². The van der Waals surface area contributed by atoms with E-state index in [9.17, 15) is 18.8 Å². The lowest BCUT2D eigenvalue weighted by molar-refractivity contribution is -0.126. The lowest BCUT2D eigenvalue weighted by Crippen LogP contribution is -2.46. The molecule has 2 aromatic carbocycles. The summed E-state index contributed by atoms with van der Waals surface area (Å²) in [6, 6.07) is 12.6. The van der Waals surface area contributed by atoms with Crippen molar-refractivity contribution in [1.29, 1.82) is 0 Å². The molecule has 0 saturated heterocycles. The van der Waals surface area contributed by atoms with Crippen LogP contribution >= 0.6 is 11.8 Å². The first kappa shape index (κ1) is 25.1. The minimum atomic E-state index is -0.857. The van der Waals surface area contributed by atoms with Gasteiger partial charge in [0, 0.05) is 18.2 Å². The summed E-state index contributed by atoms with van der Waals surface area (Å²) in [6.07, 6.45) is 5.34. The first-order valence-corrected chi connectivity index (χ1v) is 13.5. The standard InChI is InChI=1S/C27H28FN5O3S/c28-18-12-10-17(11-13-18)15-29-23(34)14-22-26(36)32-25-20-8-4-5-9-21(20)31-27(33(22)25)37-16-24(35)30-19-6-2-1-3-7-19/h4-5,8-13,19,22H,1-3,6-7,14-16H2,(H,29,34)(H,30,35). The van der Waals surface area contributed by atoms with Crippen molar-refractivity contribution in [2.75, 3.05) is 5.75 Å². The molecule has 1 aliphatic carbocycles. The van der Waals surface area contributed by atoms with Gasteiger partial charge in [-0.2, -0.15) is 4.99 Å². The van der Waals surface area contributed by atoms with E-state index in [0.717, 1.165) is 31.2 Å². The summed E-state index contributed by atoms with van der Waals surface area (Å²) >= 11 is 1.24. The first-order chi connectivity index (χ1) is 18.0. The summed E-state index contributed by atoms with van der Waals surface area (Å²) in [7, 11) is 0. The molecule has 1 atom stereocenters. The van der Waals surface area contributed by atoms with Crippen LogP contribution in [0.4, 0.5) is 10.1 Å². The first-order valence-electron chi connectivity index (χ1n) is 12.5. The minimum absolute atomic E-state index is 0.0731. The Hall–Kier alpha value is -3.53. The Morgan fingerprint density at radius 2 is 1.76 bits per heavy atom. The van der Waals surface area contributed by atoms with Crippen molar-refractivity contribution in [3.63, 3.8) is 0 Å². The van der Waals surface area contributed by atoms with E-state index >= 15 is 0 Å². The predicted molar refractivity (Wildman–Crippen MR) is 141 cm³/mol. The summed E-state index contributed by atoms with van der Waals surface area (Å²) in [5.74, 6) is -0.587. The number of amides is 3.